The van der Waals surface area contributed by atoms with Crippen LogP contribution in [0.2, 0.25) is 0 Å². The molecule has 15 heteroatoms. The molecule has 0 spiro atoms. The van der Waals surface area contributed by atoms with Gasteiger partial charge in [-0.05, 0) is 25.2 Å². The lowest BCUT2D eigenvalue weighted by Gasteiger charge is -2.26. The summed E-state index contributed by atoms with van der Waals surface area (Å²) >= 11 is 3.87. The molecule has 0 aliphatic rings. The van der Waals surface area contributed by atoms with Gasteiger partial charge < -0.3 is 44.0 Å². The number of carboxylic acids is 1. The van der Waals surface area contributed by atoms with Crippen molar-refractivity contribution >= 4 is 48.2 Å². The number of rotatable bonds is 16. The van der Waals surface area contributed by atoms with Crippen molar-refractivity contribution in [1.29, 1.82) is 0 Å². The lowest BCUT2D eigenvalue weighted by atomic mass is 10.0. The minimum absolute atomic E-state index is 0.0754. The summed E-state index contributed by atoms with van der Waals surface area (Å²) in [6.07, 6.45) is 0.292. The smallest absolute Gasteiger partial charge is 0.327 e. The van der Waals surface area contributed by atoms with Crippen molar-refractivity contribution in [2.45, 2.75) is 63.7 Å². The van der Waals surface area contributed by atoms with E-state index in [2.05, 4.69) is 33.6 Å². The number of nitrogens with one attached hydrogen (secondary N) is 3. The van der Waals surface area contributed by atoms with Crippen LogP contribution < -0.4 is 38.9 Å². The average molecular weight is 505 g/mol. The Morgan fingerprint density at radius 1 is 0.912 bits per heavy atom. The van der Waals surface area contributed by atoms with Gasteiger partial charge >= 0.3 is 5.97 Å². The van der Waals surface area contributed by atoms with E-state index in [4.69, 9.17) is 28.0 Å². The molecule has 0 fully saturated rings. The number of carboxylic acid groups (broad SMARTS) is 1. The predicted molar refractivity (Wildman–Crippen MR) is 128 cm³/mol. The van der Waals surface area contributed by atoms with Crippen molar-refractivity contribution in [3.8, 4) is 0 Å². The maximum atomic E-state index is 12.9. The Kier molecular flexibility index (Phi) is 14.3. The Balaban J connectivity index is 5.28. The van der Waals surface area contributed by atoms with Crippen LogP contribution in [0.1, 0.15) is 39.5 Å². The number of guanidine groups is 1. The topological polar surface area (TPSA) is 258 Å². The quantitative estimate of drug-likeness (QED) is 0.0442. The number of nitrogens with two attached hydrogens (primary N) is 4. The van der Waals surface area contributed by atoms with E-state index in [1.807, 2.05) is 0 Å². The second kappa shape index (κ2) is 15.7. The number of aliphatic carboxylic acids is 1. The van der Waals surface area contributed by atoms with Crippen molar-refractivity contribution in [3.63, 3.8) is 0 Å². The van der Waals surface area contributed by atoms with E-state index in [9.17, 15) is 24.0 Å². The fourth-order valence-corrected chi connectivity index (χ4v) is 2.97. The molecule has 12 N–H and O–H groups in total. The van der Waals surface area contributed by atoms with Crippen LogP contribution in [0.3, 0.4) is 0 Å². The zero-order valence-corrected chi connectivity index (χ0v) is 20.2. The SMILES string of the molecule is CC(C)C(NC(=O)C(N)CCCN=C(N)N)C(=O)NC(CCC(N)=O)C(=O)NC(CS)C(=O)O. The minimum Gasteiger partial charge on any atom is -0.480 e. The molecule has 0 rings (SSSR count). The van der Waals surface area contributed by atoms with Crippen molar-refractivity contribution in [2.75, 3.05) is 12.3 Å². The van der Waals surface area contributed by atoms with Crippen LogP contribution >= 0.6 is 12.6 Å². The summed E-state index contributed by atoms with van der Waals surface area (Å²) in [6.45, 7) is 3.64. The maximum absolute atomic E-state index is 12.9. The summed E-state index contributed by atoms with van der Waals surface area (Å²) in [5.41, 5.74) is 21.5. The highest BCUT2D eigenvalue weighted by molar-refractivity contribution is 7.80. The van der Waals surface area contributed by atoms with Gasteiger partial charge in [0.05, 0.1) is 6.04 Å². The third kappa shape index (κ3) is 12.2. The summed E-state index contributed by atoms with van der Waals surface area (Å²) in [5, 5.41) is 16.4. The number of hydrogen-bond donors (Lipinski definition) is 9. The van der Waals surface area contributed by atoms with Gasteiger partial charge in [0.1, 0.15) is 18.1 Å². The first-order chi connectivity index (χ1) is 15.8. The molecule has 14 nitrogen and oxygen atoms in total. The fourth-order valence-electron chi connectivity index (χ4n) is 2.72. The van der Waals surface area contributed by atoms with Crippen molar-refractivity contribution < 1.29 is 29.1 Å². The lowest BCUT2D eigenvalue weighted by molar-refractivity contribution is -0.141. The number of carbonyl (C=O) groups is 5. The molecule has 4 atom stereocenters. The Morgan fingerprint density at radius 2 is 1.50 bits per heavy atom. The van der Waals surface area contributed by atoms with E-state index >= 15 is 0 Å². The first-order valence-electron chi connectivity index (χ1n) is 10.6. The maximum Gasteiger partial charge on any atom is 0.327 e. The van der Waals surface area contributed by atoms with Crippen LogP contribution in [0.4, 0.5) is 0 Å². The van der Waals surface area contributed by atoms with Crippen molar-refractivity contribution in [2.24, 2.45) is 33.8 Å². The number of aliphatic imine (C=N–C) groups is 1. The molecule has 0 saturated heterocycles. The van der Waals surface area contributed by atoms with E-state index in [-0.39, 0.29) is 43.4 Å². The molecule has 0 bridgehead atoms. The van der Waals surface area contributed by atoms with Crippen LogP contribution in [0, 0.1) is 5.92 Å². The van der Waals surface area contributed by atoms with Crippen LogP contribution in [0.25, 0.3) is 0 Å². The normalized spacial score (nSPS) is 14.3. The highest BCUT2D eigenvalue weighted by Gasteiger charge is 2.31. The molecule has 0 heterocycles. The number of hydrogen-bond acceptors (Lipinski definition) is 8. The number of amides is 4. The van der Waals surface area contributed by atoms with Gasteiger partial charge in [-0.15, -0.1) is 0 Å². The summed E-state index contributed by atoms with van der Waals surface area (Å²) in [6, 6.07) is -4.56. The van der Waals surface area contributed by atoms with E-state index in [1.54, 1.807) is 13.8 Å². The Hall–Kier alpha value is -3.07. The van der Waals surface area contributed by atoms with Crippen LogP contribution in [0.15, 0.2) is 4.99 Å². The Morgan fingerprint density at radius 3 is 1.97 bits per heavy atom. The first kappa shape index (κ1) is 30.9. The van der Waals surface area contributed by atoms with Crippen LogP contribution in [-0.4, -0.2) is 77.1 Å². The van der Waals surface area contributed by atoms with Gasteiger partial charge in [-0.25, -0.2) is 4.79 Å². The molecule has 0 aromatic carbocycles. The minimum atomic E-state index is -1.32. The van der Waals surface area contributed by atoms with E-state index in [1.165, 1.54) is 0 Å². The molecule has 194 valence electrons. The molecular weight excluding hydrogens is 468 g/mol. The van der Waals surface area contributed by atoms with Gasteiger partial charge in [0.15, 0.2) is 5.96 Å². The Bertz CT molecular complexity index is 759. The molecule has 0 aromatic rings. The predicted octanol–water partition coefficient (Wildman–Crippen LogP) is -3.24. The summed E-state index contributed by atoms with van der Waals surface area (Å²) < 4.78 is 0. The molecule has 0 radical (unpaired) electrons. The van der Waals surface area contributed by atoms with E-state index < -0.39 is 53.8 Å². The highest BCUT2D eigenvalue weighted by atomic mass is 32.1. The largest absolute Gasteiger partial charge is 0.480 e. The number of nitrogens with zero attached hydrogens (tertiary/aromatic N) is 1. The first-order valence-corrected chi connectivity index (χ1v) is 11.3. The van der Waals surface area contributed by atoms with Crippen LogP contribution in [0.5, 0.6) is 0 Å². The van der Waals surface area contributed by atoms with Gasteiger partial charge in [0, 0.05) is 18.7 Å². The molecule has 0 saturated carbocycles. The van der Waals surface area contributed by atoms with Gasteiger partial charge in [0.2, 0.25) is 23.6 Å². The van der Waals surface area contributed by atoms with Gasteiger partial charge in [-0.1, -0.05) is 13.8 Å². The van der Waals surface area contributed by atoms with Gasteiger partial charge in [0.25, 0.3) is 0 Å². The van der Waals surface area contributed by atoms with E-state index in [0.29, 0.717) is 6.42 Å². The fraction of sp³-hybridized carbons (Fsp3) is 0.684. The highest BCUT2D eigenvalue weighted by Crippen LogP contribution is 2.07. The van der Waals surface area contributed by atoms with Gasteiger partial charge in [-0.2, -0.15) is 12.6 Å². The zero-order chi connectivity index (χ0) is 26.4. The standard InChI is InChI=1S/C19H36N8O6S/c1-9(2)14(27-15(29)10(20)4-3-7-24-19(22)23)17(31)25-11(5-6-13(21)28)16(30)26-12(8-34)18(32)33/h9-12,14,34H,3-8,20H2,1-2H3,(H2,21,28)(H,25,31)(H,26,30)(H,27,29)(H,32,33)(H4,22,23,24). The molecule has 0 aromatic heterocycles. The Labute approximate surface area is 203 Å². The third-order valence-corrected chi connectivity index (χ3v) is 5.03. The number of thiol groups is 1. The number of carbonyl (C=O) groups excluding carboxylic acids is 4. The average Bonchev–Trinajstić information content (AvgIpc) is 2.74. The number of primary amides is 1. The van der Waals surface area contributed by atoms with Crippen molar-refractivity contribution in [3.05, 3.63) is 0 Å². The molecule has 0 aliphatic heterocycles. The molecule has 34 heavy (non-hydrogen) atoms. The third-order valence-electron chi connectivity index (χ3n) is 4.66. The summed E-state index contributed by atoms with van der Waals surface area (Å²) in [5.74, 6) is -4.81. The second-order valence-electron chi connectivity index (χ2n) is 7.93. The molecular formula is C19H36N8O6S. The summed E-state index contributed by atoms with van der Waals surface area (Å²) in [4.78, 5) is 64.1. The van der Waals surface area contributed by atoms with Crippen molar-refractivity contribution in [1.82, 2.24) is 16.0 Å². The monoisotopic (exact) mass is 504 g/mol. The summed E-state index contributed by atoms with van der Waals surface area (Å²) in [7, 11) is 0. The van der Waals surface area contributed by atoms with E-state index in [0.717, 1.165) is 0 Å². The molecule has 0 aliphatic carbocycles. The molecule has 4 amide bonds. The van der Waals surface area contributed by atoms with Gasteiger partial charge in [-0.3, -0.25) is 24.2 Å². The van der Waals surface area contributed by atoms with Crippen LogP contribution in [-0.2, 0) is 24.0 Å². The lowest BCUT2D eigenvalue weighted by Crippen LogP contribution is -2.58. The second-order valence-corrected chi connectivity index (χ2v) is 8.30. The zero-order valence-electron chi connectivity index (χ0n) is 19.3. The molecule has 4 unspecified atom stereocenters.